The highest BCUT2D eigenvalue weighted by Gasteiger charge is 2.48. The van der Waals surface area contributed by atoms with E-state index in [1.54, 1.807) is 0 Å². The summed E-state index contributed by atoms with van der Waals surface area (Å²) in [5.74, 6) is 0.523. The number of nitrogens with one attached hydrogen (secondary N) is 1. The number of aliphatic hydroxyl groups is 1. The molecule has 3 heteroatoms. The highest BCUT2D eigenvalue weighted by atomic mass is 16.5. The molecule has 3 nitrogen and oxygen atoms in total. The van der Waals surface area contributed by atoms with E-state index in [0.717, 1.165) is 19.4 Å². The lowest BCUT2D eigenvalue weighted by Crippen LogP contribution is -2.61. The third-order valence-corrected chi connectivity index (χ3v) is 4.81. The molecular formula is C18H29NO2. The second-order valence-corrected chi connectivity index (χ2v) is 6.92. The molecule has 1 aliphatic rings. The van der Waals surface area contributed by atoms with Crippen molar-refractivity contribution in [2.45, 2.75) is 52.4 Å². The van der Waals surface area contributed by atoms with Gasteiger partial charge in [-0.2, -0.15) is 0 Å². The molecule has 2 rings (SSSR count). The van der Waals surface area contributed by atoms with Crippen molar-refractivity contribution < 1.29 is 9.84 Å². The molecule has 0 saturated heterocycles. The monoisotopic (exact) mass is 291 g/mol. The summed E-state index contributed by atoms with van der Waals surface area (Å²) in [6, 6.07) is 10.9. The zero-order valence-corrected chi connectivity index (χ0v) is 13.5. The Morgan fingerprint density at radius 2 is 2.05 bits per heavy atom. The fraction of sp³-hybridized carbons (Fsp3) is 0.667. The van der Waals surface area contributed by atoms with Crippen LogP contribution in [0.25, 0.3) is 0 Å². The number of benzene rings is 1. The van der Waals surface area contributed by atoms with E-state index >= 15 is 0 Å². The van der Waals surface area contributed by atoms with Crippen LogP contribution in [0, 0.1) is 11.3 Å². The zero-order valence-electron chi connectivity index (χ0n) is 13.5. The van der Waals surface area contributed by atoms with Crippen LogP contribution in [0.4, 0.5) is 0 Å². The van der Waals surface area contributed by atoms with Gasteiger partial charge in [-0.15, -0.1) is 0 Å². The summed E-state index contributed by atoms with van der Waals surface area (Å²) in [5.41, 5.74) is 1.41. The first-order valence-electron chi connectivity index (χ1n) is 8.03. The van der Waals surface area contributed by atoms with Gasteiger partial charge >= 0.3 is 0 Å². The van der Waals surface area contributed by atoms with Crippen molar-refractivity contribution >= 4 is 0 Å². The summed E-state index contributed by atoms with van der Waals surface area (Å²) in [7, 11) is 0. The molecule has 1 fully saturated rings. The van der Waals surface area contributed by atoms with Crippen LogP contribution in [-0.4, -0.2) is 30.4 Å². The van der Waals surface area contributed by atoms with E-state index in [1.165, 1.54) is 5.56 Å². The number of ether oxygens (including phenoxy) is 1. The molecular weight excluding hydrogens is 262 g/mol. The average molecular weight is 291 g/mol. The summed E-state index contributed by atoms with van der Waals surface area (Å²) in [4.78, 5) is 0. The summed E-state index contributed by atoms with van der Waals surface area (Å²) in [6.45, 7) is 8.68. The fourth-order valence-corrected chi connectivity index (χ4v) is 2.95. The number of rotatable bonds is 8. The van der Waals surface area contributed by atoms with Gasteiger partial charge in [0.1, 0.15) is 0 Å². The maximum absolute atomic E-state index is 8.95. The Bertz CT molecular complexity index is 418. The minimum Gasteiger partial charge on any atom is -0.396 e. The van der Waals surface area contributed by atoms with E-state index in [9.17, 15) is 0 Å². The van der Waals surface area contributed by atoms with Crippen molar-refractivity contribution in [2.75, 3.05) is 13.2 Å². The van der Waals surface area contributed by atoms with Crippen molar-refractivity contribution in [3.8, 4) is 0 Å². The van der Waals surface area contributed by atoms with Crippen LogP contribution in [0.1, 0.15) is 39.2 Å². The van der Waals surface area contributed by atoms with E-state index in [4.69, 9.17) is 9.84 Å². The van der Waals surface area contributed by atoms with Gasteiger partial charge in [0.2, 0.25) is 0 Å². The van der Waals surface area contributed by atoms with Crippen LogP contribution >= 0.6 is 0 Å². The molecule has 21 heavy (non-hydrogen) atoms. The summed E-state index contributed by atoms with van der Waals surface area (Å²) >= 11 is 0. The normalized spacial score (nSPS) is 25.3. The van der Waals surface area contributed by atoms with Crippen LogP contribution in [0.5, 0.6) is 0 Å². The third-order valence-electron chi connectivity index (χ3n) is 4.81. The number of hydrogen-bond acceptors (Lipinski definition) is 3. The van der Waals surface area contributed by atoms with Gasteiger partial charge in [-0.1, -0.05) is 51.1 Å². The molecule has 3 atom stereocenters. The van der Waals surface area contributed by atoms with Crippen molar-refractivity contribution in [3.05, 3.63) is 35.9 Å². The first-order chi connectivity index (χ1) is 10.0. The molecule has 2 N–H and O–H groups in total. The predicted octanol–water partition coefficient (Wildman–Crippen LogP) is 2.98. The maximum Gasteiger partial charge on any atom is 0.0720 e. The van der Waals surface area contributed by atoms with E-state index < -0.39 is 0 Å². The Morgan fingerprint density at radius 1 is 1.33 bits per heavy atom. The van der Waals surface area contributed by atoms with E-state index in [0.29, 0.717) is 24.7 Å². The van der Waals surface area contributed by atoms with Crippen molar-refractivity contribution in [1.29, 1.82) is 0 Å². The topological polar surface area (TPSA) is 41.5 Å². The Balaban J connectivity index is 1.73. The third kappa shape index (κ3) is 4.29. The van der Waals surface area contributed by atoms with Crippen LogP contribution in [-0.2, 0) is 11.3 Å². The van der Waals surface area contributed by atoms with Crippen LogP contribution in [0.3, 0.4) is 0 Å². The Kier molecular flexibility index (Phi) is 5.80. The smallest absolute Gasteiger partial charge is 0.0720 e. The minimum absolute atomic E-state index is 0.174. The molecule has 1 saturated carbocycles. The average Bonchev–Trinajstić information content (AvgIpc) is 2.47. The highest BCUT2D eigenvalue weighted by Crippen LogP contribution is 2.43. The van der Waals surface area contributed by atoms with Gasteiger partial charge in [-0.25, -0.2) is 0 Å². The Morgan fingerprint density at radius 3 is 2.67 bits per heavy atom. The number of aliphatic hydroxyl groups excluding tert-OH is 1. The molecule has 1 aromatic carbocycles. The quantitative estimate of drug-likeness (QED) is 0.773. The lowest BCUT2D eigenvalue weighted by molar-refractivity contribution is -0.125. The summed E-state index contributed by atoms with van der Waals surface area (Å²) in [6.07, 6.45) is 2.27. The minimum atomic E-state index is 0.174. The molecule has 1 aliphatic carbocycles. The molecule has 3 unspecified atom stereocenters. The molecule has 0 aliphatic heterocycles. The first kappa shape index (κ1) is 16.5. The number of hydrogen-bond donors (Lipinski definition) is 2. The summed E-state index contributed by atoms with van der Waals surface area (Å²) < 4.78 is 6.08. The van der Waals surface area contributed by atoms with E-state index in [-0.39, 0.29) is 12.0 Å². The highest BCUT2D eigenvalue weighted by molar-refractivity contribution is 5.14. The van der Waals surface area contributed by atoms with Gasteiger partial charge in [0.25, 0.3) is 0 Å². The van der Waals surface area contributed by atoms with Crippen LogP contribution in [0.15, 0.2) is 30.3 Å². The maximum atomic E-state index is 8.95. The standard InChI is InChI=1S/C18H29NO2/c1-14(9-10-20)12-19-16-11-17(18(16,2)3)21-13-15-7-5-4-6-8-15/h4-8,14,16-17,19-20H,9-13H2,1-3H3. The van der Waals surface area contributed by atoms with Crippen molar-refractivity contribution in [3.63, 3.8) is 0 Å². The van der Waals surface area contributed by atoms with Gasteiger partial charge in [0.05, 0.1) is 12.7 Å². The molecule has 0 aromatic heterocycles. The van der Waals surface area contributed by atoms with Crippen molar-refractivity contribution in [1.82, 2.24) is 5.32 Å². The Labute approximate surface area is 128 Å². The van der Waals surface area contributed by atoms with Gasteiger partial charge in [0, 0.05) is 18.1 Å². The fourth-order valence-electron chi connectivity index (χ4n) is 2.95. The SMILES string of the molecule is CC(CCO)CNC1CC(OCc2ccccc2)C1(C)C. The molecule has 0 amide bonds. The predicted molar refractivity (Wildman–Crippen MR) is 86.1 cm³/mol. The lowest BCUT2D eigenvalue weighted by atomic mass is 9.64. The second kappa shape index (κ2) is 7.39. The van der Waals surface area contributed by atoms with Gasteiger partial charge < -0.3 is 15.2 Å². The van der Waals surface area contributed by atoms with Gasteiger partial charge in [-0.05, 0) is 30.9 Å². The molecule has 118 valence electrons. The first-order valence-corrected chi connectivity index (χ1v) is 8.03. The Hall–Kier alpha value is -0.900. The molecule has 0 spiro atoms. The van der Waals surface area contributed by atoms with E-state index in [1.807, 2.05) is 6.07 Å². The van der Waals surface area contributed by atoms with Crippen LogP contribution < -0.4 is 5.32 Å². The zero-order chi connectivity index (χ0) is 15.3. The molecule has 1 aromatic rings. The largest absolute Gasteiger partial charge is 0.396 e. The lowest BCUT2D eigenvalue weighted by Gasteiger charge is -2.52. The second-order valence-electron chi connectivity index (χ2n) is 6.92. The molecule has 0 radical (unpaired) electrons. The van der Waals surface area contributed by atoms with E-state index in [2.05, 4.69) is 50.4 Å². The van der Waals surface area contributed by atoms with Gasteiger partial charge in [0.15, 0.2) is 0 Å². The molecule has 0 heterocycles. The van der Waals surface area contributed by atoms with Gasteiger partial charge in [-0.3, -0.25) is 0 Å². The van der Waals surface area contributed by atoms with Crippen LogP contribution in [0.2, 0.25) is 0 Å². The molecule has 0 bridgehead atoms. The van der Waals surface area contributed by atoms with Crippen molar-refractivity contribution in [2.24, 2.45) is 11.3 Å². The summed E-state index contributed by atoms with van der Waals surface area (Å²) in [5, 5.41) is 12.6.